The number of nitrogens with zero attached hydrogens (tertiary/aromatic N) is 2. The SMILES string of the molecule is Cc1n(C)[nH]c(=S)[n+]1C(C)C. The van der Waals surface area contributed by atoms with Gasteiger partial charge in [0.15, 0.2) is 0 Å². The van der Waals surface area contributed by atoms with E-state index in [2.05, 4.69) is 23.5 Å². The molecule has 1 rings (SSSR count). The van der Waals surface area contributed by atoms with Gasteiger partial charge in [-0.1, -0.05) is 0 Å². The summed E-state index contributed by atoms with van der Waals surface area (Å²) in [7, 11) is 1.96. The lowest BCUT2D eigenvalue weighted by Gasteiger charge is -2.00. The Morgan fingerprint density at radius 3 is 2.27 bits per heavy atom. The first kappa shape index (κ1) is 8.46. The second kappa shape index (κ2) is 2.77. The predicted molar refractivity (Wildman–Crippen MR) is 45.9 cm³/mol. The zero-order valence-corrected chi connectivity index (χ0v) is 8.20. The average Bonchev–Trinajstić information content (AvgIpc) is 2.07. The predicted octanol–water partition coefficient (Wildman–Crippen LogP) is 1.26. The van der Waals surface area contributed by atoms with Crippen molar-refractivity contribution < 1.29 is 4.57 Å². The summed E-state index contributed by atoms with van der Waals surface area (Å²) in [6.45, 7) is 6.29. The minimum absolute atomic E-state index is 0.431. The van der Waals surface area contributed by atoms with Gasteiger partial charge in [0.2, 0.25) is 5.82 Å². The Kier molecular flexibility index (Phi) is 2.13. The summed E-state index contributed by atoms with van der Waals surface area (Å²) in [5.74, 6) is 1.16. The summed E-state index contributed by atoms with van der Waals surface area (Å²) in [6, 6.07) is 0.431. The van der Waals surface area contributed by atoms with Gasteiger partial charge in [0.1, 0.15) is 0 Å². The van der Waals surface area contributed by atoms with E-state index in [0.717, 1.165) is 10.6 Å². The van der Waals surface area contributed by atoms with Gasteiger partial charge in [-0.3, -0.25) is 0 Å². The first-order valence-electron chi connectivity index (χ1n) is 3.71. The largest absolute Gasteiger partial charge is 0.323 e. The number of aromatic amines is 1. The zero-order chi connectivity index (χ0) is 8.59. The normalized spacial score (nSPS) is 11.0. The third kappa shape index (κ3) is 1.35. The molecule has 4 heteroatoms. The molecule has 0 unspecified atom stereocenters. The molecule has 0 saturated heterocycles. The fraction of sp³-hybridized carbons (Fsp3) is 0.714. The van der Waals surface area contributed by atoms with Crippen LogP contribution in [0.1, 0.15) is 25.7 Å². The van der Waals surface area contributed by atoms with Crippen molar-refractivity contribution >= 4 is 12.2 Å². The van der Waals surface area contributed by atoms with Gasteiger partial charge in [-0.05, 0) is 26.1 Å². The summed E-state index contributed by atoms with van der Waals surface area (Å²) in [4.78, 5) is 0. The lowest BCUT2D eigenvalue weighted by molar-refractivity contribution is -0.728. The highest BCUT2D eigenvalue weighted by Crippen LogP contribution is 1.95. The second-order valence-electron chi connectivity index (χ2n) is 2.99. The van der Waals surface area contributed by atoms with Crippen molar-refractivity contribution in [1.29, 1.82) is 0 Å². The van der Waals surface area contributed by atoms with Crippen molar-refractivity contribution in [2.75, 3.05) is 0 Å². The number of aromatic nitrogens is 3. The summed E-state index contributed by atoms with van der Waals surface area (Å²) in [5.41, 5.74) is 0. The Bertz CT molecular complexity index is 308. The van der Waals surface area contributed by atoms with Gasteiger partial charge in [-0.25, -0.2) is 4.57 Å². The first-order valence-corrected chi connectivity index (χ1v) is 4.12. The molecule has 1 N–H and O–H groups in total. The van der Waals surface area contributed by atoms with Gasteiger partial charge >= 0.3 is 4.77 Å². The van der Waals surface area contributed by atoms with Crippen LogP contribution in [0.3, 0.4) is 0 Å². The number of nitrogens with one attached hydrogen (secondary N) is 1. The smallest absolute Gasteiger partial charge is 0.220 e. The number of aryl methyl sites for hydroxylation is 1. The van der Waals surface area contributed by atoms with Crippen LogP contribution in [-0.2, 0) is 7.05 Å². The molecule has 0 fully saturated rings. The molecule has 0 aliphatic carbocycles. The third-order valence-corrected chi connectivity index (χ3v) is 2.12. The molecule has 1 heterocycles. The molecular formula is C7H14N3S+. The number of rotatable bonds is 1. The minimum atomic E-state index is 0.431. The molecule has 1 aromatic heterocycles. The van der Waals surface area contributed by atoms with Gasteiger partial charge in [-0.15, -0.1) is 5.10 Å². The molecule has 0 spiro atoms. The molecule has 62 valence electrons. The van der Waals surface area contributed by atoms with Gasteiger partial charge in [-0.2, -0.15) is 4.68 Å². The fourth-order valence-electron chi connectivity index (χ4n) is 1.19. The monoisotopic (exact) mass is 172 g/mol. The van der Waals surface area contributed by atoms with Crippen molar-refractivity contribution in [2.24, 2.45) is 7.05 Å². The van der Waals surface area contributed by atoms with Crippen molar-refractivity contribution in [3.05, 3.63) is 10.6 Å². The molecule has 0 aromatic carbocycles. The molecule has 0 radical (unpaired) electrons. The van der Waals surface area contributed by atoms with E-state index in [-0.39, 0.29) is 0 Å². The molecule has 11 heavy (non-hydrogen) atoms. The molecular weight excluding hydrogens is 158 g/mol. The van der Waals surface area contributed by atoms with Crippen LogP contribution in [0.2, 0.25) is 0 Å². The van der Waals surface area contributed by atoms with Crippen LogP contribution in [0, 0.1) is 11.7 Å². The summed E-state index contributed by atoms with van der Waals surface area (Å²) >= 11 is 5.12. The highest BCUT2D eigenvalue weighted by Gasteiger charge is 2.13. The quantitative estimate of drug-likeness (QED) is 0.500. The molecule has 0 bridgehead atoms. The van der Waals surface area contributed by atoms with E-state index in [1.165, 1.54) is 0 Å². The van der Waals surface area contributed by atoms with Crippen LogP contribution in [0.25, 0.3) is 0 Å². The minimum Gasteiger partial charge on any atom is -0.220 e. The third-order valence-electron chi connectivity index (χ3n) is 1.83. The van der Waals surface area contributed by atoms with Crippen LogP contribution < -0.4 is 4.57 Å². The Morgan fingerprint density at radius 1 is 1.55 bits per heavy atom. The fourth-order valence-corrected chi connectivity index (χ4v) is 1.67. The summed E-state index contributed by atoms with van der Waals surface area (Å²) < 4.78 is 4.82. The van der Waals surface area contributed by atoms with E-state index in [1.54, 1.807) is 0 Å². The molecule has 0 amide bonds. The lowest BCUT2D eigenvalue weighted by Crippen LogP contribution is -2.39. The van der Waals surface area contributed by atoms with Crippen LogP contribution >= 0.6 is 12.2 Å². The highest BCUT2D eigenvalue weighted by molar-refractivity contribution is 7.71. The van der Waals surface area contributed by atoms with Crippen LogP contribution in [-0.4, -0.2) is 9.78 Å². The van der Waals surface area contributed by atoms with E-state index < -0.39 is 0 Å². The first-order chi connectivity index (χ1) is 5.04. The van der Waals surface area contributed by atoms with Crippen molar-refractivity contribution in [1.82, 2.24) is 9.78 Å². The molecule has 3 nitrogen and oxygen atoms in total. The van der Waals surface area contributed by atoms with Crippen molar-refractivity contribution in [2.45, 2.75) is 26.8 Å². The Labute approximate surface area is 71.7 Å². The molecule has 0 aliphatic rings. The maximum Gasteiger partial charge on any atom is 0.323 e. The zero-order valence-electron chi connectivity index (χ0n) is 7.38. The van der Waals surface area contributed by atoms with Gasteiger partial charge < -0.3 is 0 Å². The lowest BCUT2D eigenvalue weighted by atomic mass is 10.4. The topological polar surface area (TPSA) is 24.6 Å². The standard InChI is InChI=1S/C7H13N3S/c1-5(2)10-6(3)9(4)8-7(10)11/h5H,1-4H3/p+1. The maximum absolute atomic E-state index is 5.12. The van der Waals surface area contributed by atoms with Crippen LogP contribution in [0.15, 0.2) is 0 Å². The van der Waals surface area contributed by atoms with E-state index in [0.29, 0.717) is 6.04 Å². The van der Waals surface area contributed by atoms with E-state index in [1.807, 2.05) is 18.7 Å². The highest BCUT2D eigenvalue weighted by atomic mass is 32.1. The van der Waals surface area contributed by atoms with Gasteiger partial charge in [0.25, 0.3) is 0 Å². The molecule has 1 aromatic rings. The van der Waals surface area contributed by atoms with Gasteiger partial charge in [0, 0.05) is 6.92 Å². The number of H-pyrrole nitrogens is 1. The number of hydrogen-bond acceptors (Lipinski definition) is 1. The summed E-state index contributed by atoms with van der Waals surface area (Å²) in [5, 5.41) is 3.05. The average molecular weight is 172 g/mol. The van der Waals surface area contributed by atoms with E-state index >= 15 is 0 Å². The van der Waals surface area contributed by atoms with Crippen LogP contribution in [0.5, 0.6) is 0 Å². The van der Waals surface area contributed by atoms with E-state index in [9.17, 15) is 0 Å². The Hall–Kier alpha value is -0.640. The molecule has 0 atom stereocenters. The molecule has 0 saturated carbocycles. The van der Waals surface area contributed by atoms with Gasteiger partial charge in [0.05, 0.1) is 13.1 Å². The number of hydrogen-bond donors (Lipinski definition) is 1. The van der Waals surface area contributed by atoms with Crippen molar-refractivity contribution in [3.63, 3.8) is 0 Å². The summed E-state index contributed by atoms with van der Waals surface area (Å²) in [6.07, 6.45) is 0. The van der Waals surface area contributed by atoms with Crippen molar-refractivity contribution in [3.8, 4) is 0 Å². The molecule has 0 aliphatic heterocycles. The Balaban J connectivity index is 3.34. The maximum atomic E-state index is 5.12. The Morgan fingerprint density at radius 2 is 2.09 bits per heavy atom. The van der Waals surface area contributed by atoms with Crippen LogP contribution in [0.4, 0.5) is 0 Å². The second-order valence-corrected chi connectivity index (χ2v) is 3.37. The van der Waals surface area contributed by atoms with E-state index in [4.69, 9.17) is 12.2 Å².